The number of rotatable bonds is 6. The molecule has 1 atom stereocenters. The van der Waals surface area contributed by atoms with E-state index >= 15 is 0 Å². The van der Waals surface area contributed by atoms with Gasteiger partial charge in [-0.05, 0) is 13.8 Å². The Hall–Kier alpha value is -0.560. The van der Waals surface area contributed by atoms with E-state index in [2.05, 4.69) is 11.2 Å². The van der Waals surface area contributed by atoms with Crippen molar-refractivity contribution >= 4 is 0 Å². The van der Waals surface area contributed by atoms with E-state index in [0.717, 1.165) is 0 Å². The van der Waals surface area contributed by atoms with Crippen LogP contribution in [0.5, 0.6) is 0 Å². The maximum absolute atomic E-state index is 9.27. The summed E-state index contributed by atoms with van der Waals surface area (Å²) in [4.78, 5) is 0. The average molecular weight is 171 g/mol. The number of aliphatic hydroxyl groups excluding tert-OH is 1. The van der Waals surface area contributed by atoms with Crippen LogP contribution in [0.2, 0.25) is 0 Å². The van der Waals surface area contributed by atoms with Gasteiger partial charge in [0.1, 0.15) is 0 Å². The zero-order valence-electron chi connectivity index (χ0n) is 7.71. The van der Waals surface area contributed by atoms with Gasteiger partial charge in [0.15, 0.2) is 0 Å². The van der Waals surface area contributed by atoms with E-state index in [-0.39, 0.29) is 6.10 Å². The van der Waals surface area contributed by atoms with Crippen molar-refractivity contribution < 1.29 is 9.84 Å². The van der Waals surface area contributed by atoms with Crippen LogP contribution >= 0.6 is 0 Å². The third-order valence-corrected chi connectivity index (χ3v) is 1.23. The molecule has 0 aliphatic heterocycles. The van der Waals surface area contributed by atoms with Crippen molar-refractivity contribution in [1.29, 1.82) is 0 Å². The molecule has 0 aliphatic rings. The fourth-order valence-electron chi connectivity index (χ4n) is 0.673. The van der Waals surface area contributed by atoms with E-state index in [1.54, 1.807) is 0 Å². The summed E-state index contributed by atoms with van der Waals surface area (Å²) in [6, 6.07) is 0. The van der Waals surface area contributed by atoms with Crippen molar-refractivity contribution in [2.75, 3.05) is 19.7 Å². The highest BCUT2D eigenvalue weighted by Crippen LogP contribution is 1.90. The second kappa shape index (κ2) is 7.11. The Morgan fingerprint density at radius 3 is 2.75 bits per heavy atom. The number of terminal acetylenes is 1. The fraction of sp³-hybridized carbons (Fsp3) is 0.778. The van der Waals surface area contributed by atoms with Gasteiger partial charge in [-0.2, -0.15) is 0 Å². The monoisotopic (exact) mass is 171 g/mol. The molecule has 0 aromatic heterocycles. The first-order chi connectivity index (χ1) is 5.66. The first-order valence-electron chi connectivity index (χ1n) is 4.10. The number of nitrogens with one attached hydrogen (secondary N) is 1. The minimum atomic E-state index is -0.472. The molecule has 0 heterocycles. The SMILES string of the molecule is C#CCNCC(O)COC(C)C. The molecule has 1 unspecified atom stereocenters. The Labute approximate surface area is 74.1 Å². The van der Waals surface area contributed by atoms with Crippen LogP contribution in [-0.2, 0) is 4.74 Å². The summed E-state index contributed by atoms with van der Waals surface area (Å²) < 4.78 is 5.19. The molecule has 3 heteroatoms. The molecule has 0 saturated carbocycles. The van der Waals surface area contributed by atoms with Crippen LogP contribution in [0.25, 0.3) is 0 Å². The second-order valence-corrected chi connectivity index (χ2v) is 2.87. The summed E-state index contributed by atoms with van der Waals surface area (Å²) in [5.74, 6) is 2.42. The number of hydrogen-bond acceptors (Lipinski definition) is 3. The summed E-state index contributed by atoms with van der Waals surface area (Å²) >= 11 is 0. The van der Waals surface area contributed by atoms with Crippen molar-refractivity contribution in [2.45, 2.75) is 26.1 Å². The minimum Gasteiger partial charge on any atom is -0.389 e. The Kier molecular flexibility index (Phi) is 6.78. The van der Waals surface area contributed by atoms with Crippen molar-refractivity contribution in [1.82, 2.24) is 5.32 Å². The van der Waals surface area contributed by atoms with Crippen LogP contribution in [0.1, 0.15) is 13.8 Å². The maximum Gasteiger partial charge on any atom is 0.0898 e. The maximum atomic E-state index is 9.27. The van der Waals surface area contributed by atoms with Crippen LogP contribution in [0.3, 0.4) is 0 Å². The van der Waals surface area contributed by atoms with Crippen molar-refractivity contribution in [3.63, 3.8) is 0 Å². The first kappa shape index (κ1) is 11.4. The molecule has 0 fully saturated rings. The lowest BCUT2D eigenvalue weighted by Gasteiger charge is -2.13. The van der Waals surface area contributed by atoms with Crippen LogP contribution in [0, 0.1) is 12.3 Å². The molecule has 70 valence electrons. The smallest absolute Gasteiger partial charge is 0.0898 e. The topological polar surface area (TPSA) is 41.5 Å². The Morgan fingerprint density at radius 2 is 2.25 bits per heavy atom. The van der Waals surface area contributed by atoms with Crippen molar-refractivity contribution in [2.24, 2.45) is 0 Å². The molecule has 2 N–H and O–H groups in total. The van der Waals surface area contributed by atoms with Gasteiger partial charge in [0.2, 0.25) is 0 Å². The average Bonchev–Trinajstić information content (AvgIpc) is 2.01. The number of hydrogen-bond donors (Lipinski definition) is 2. The Balaban J connectivity index is 3.22. The van der Waals surface area contributed by atoms with Crippen molar-refractivity contribution in [3.05, 3.63) is 0 Å². The van der Waals surface area contributed by atoms with Gasteiger partial charge < -0.3 is 15.2 Å². The largest absolute Gasteiger partial charge is 0.389 e. The van der Waals surface area contributed by atoms with Crippen LogP contribution in [0.4, 0.5) is 0 Å². The second-order valence-electron chi connectivity index (χ2n) is 2.87. The quantitative estimate of drug-likeness (QED) is 0.436. The lowest BCUT2D eigenvalue weighted by Crippen LogP contribution is -2.31. The summed E-state index contributed by atoms with van der Waals surface area (Å²) in [6.45, 7) is 5.19. The molecule has 0 radical (unpaired) electrons. The molecule has 3 nitrogen and oxygen atoms in total. The van der Waals surface area contributed by atoms with E-state index in [1.807, 2.05) is 13.8 Å². The Bertz CT molecular complexity index is 140. The molecular formula is C9H17NO2. The first-order valence-corrected chi connectivity index (χ1v) is 4.10. The molecule has 0 aliphatic carbocycles. The van der Waals surface area contributed by atoms with E-state index in [1.165, 1.54) is 0 Å². The molecule has 0 spiro atoms. The minimum absolute atomic E-state index is 0.160. The van der Waals surface area contributed by atoms with E-state index in [4.69, 9.17) is 11.2 Å². The van der Waals surface area contributed by atoms with Crippen LogP contribution in [-0.4, -0.2) is 37.0 Å². The van der Waals surface area contributed by atoms with Gasteiger partial charge in [-0.15, -0.1) is 6.42 Å². The molecule has 0 aromatic rings. The molecule has 0 rings (SSSR count). The Morgan fingerprint density at radius 1 is 1.58 bits per heavy atom. The van der Waals surface area contributed by atoms with Gasteiger partial charge >= 0.3 is 0 Å². The summed E-state index contributed by atoms with van der Waals surface area (Å²) in [6.07, 6.45) is 4.70. The van der Waals surface area contributed by atoms with E-state index in [9.17, 15) is 5.11 Å². The van der Waals surface area contributed by atoms with Gasteiger partial charge in [0.25, 0.3) is 0 Å². The lowest BCUT2D eigenvalue weighted by molar-refractivity contribution is 0.00680. The van der Waals surface area contributed by atoms with Crippen LogP contribution < -0.4 is 5.32 Å². The van der Waals surface area contributed by atoms with Gasteiger partial charge in [0.05, 0.1) is 25.4 Å². The molecule has 0 saturated heterocycles. The van der Waals surface area contributed by atoms with Gasteiger partial charge in [-0.25, -0.2) is 0 Å². The standard InChI is InChI=1S/C9H17NO2/c1-4-5-10-6-9(11)7-12-8(2)3/h1,8-11H,5-7H2,2-3H3. The molecule has 0 aromatic carbocycles. The summed E-state index contributed by atoms with van der Waals surface area (Å²) in [5, 5.41) is 12.2. The number of aliphatic hydroxyl groups is 1. The van der Waals surface area contributed by atoms with Gasteiger partial charge in [-0.1, -0.05) is 5.92 Å². The molecule has 12 heavy (non-hydrogen) atoms. The lowest BCUT2D eigenvalue weighted by atomic mass is 10.3. The fourth-order valence-corrected chi connectivity index (χ4v) is 0.673. The normalized spacial score (nSPS) is 12.9. The highest BCUT2D eigenvalue weighted by molar-refractivity contribution is 4.86. The highest BCUT2D eigenvalue weighted by atomic mass is 16.5. The molecular weight excluding hydrogens is 154 g/mol. The van der Waals surface area contributed by atoms with Gasteiger partial charge in [0, 0.05) is 6.54 Å². The predicted octanol–water partition coefficient (Wildman–Crippen LogP) is -0.00490. The zero-order chi connectivity index (χ0) is 9.40. The van der Waals surface area contributed by atoms with E-state index < -0.39 is 6.10 Å². The number of ether oxygens (including phenoxy) is 1. The van der Waals surface area contributed by atoms with E-state index in [0.29, 0.717) is 19.7 Å². The zero-order valence-corrected chi connectivity index (χ0v) is 7.71. The van der Waals surface area contributed by atoms with Crippen molar-refractivity contribution in [3.8, 4) is 12.3 Å². The molecule has 0 amide bonds. The highest BCUT2D eigenvalue weighted by Gasteiger charge is 2.03. The summed E-state index contributed by atoms with van der Waals surface area (Å²) in [7, 11) is 0. The third kappa shape index (κ3) is 7.55. The third-order valence-electron chi connectivity index (χ3n) is 1.23. The summed E-state index contributed by atoms with van der Waals surface area (Å²) in [5.41, 5.74) is 0. The van der Waals surface area contributed by atoms with Gasteiger partial charge in [-0.3, -0.25) is 0 Å². The predicted molar refractivity (Wildman–Crippen MR) is 48.8 cm³/mol. The van der Waals surface area contributed by atoms with Crippen LogP contribution in [0.15, 0.2) is 0 Å². The molecule has 0 bridgehead atoms.